The van der Waals surface area contributed by atoms with Gasteiger partial charge in [0, 0.05) is 19.3 Å². The highest BCUT2D eigenvalue weighted by Crippen LogP contribution is 2.15. The maximum Gasteiger partial charge on any atom is 0.362 e. The number of quaternary nitrogens is 1. The van der Waals surface area contributed by atoms with Crippen molar-refractivity contribution >= 4 is 17.9 Å². The van der Waals surface area contributed by atoms with Gasteiger partial charge in [0.1, 0.15) is 6.61 Å². The monoisotopic (exact) mass is 799 g/mol. The predicted octanol–water partition coefficient (Wildman–Crippen LogP) is 12.4. The molecule has 0 aliphatic heterocycles. The molecule has 8 heteroatoms. The molecular formula is C49H84NO7+. The molecule has 0 aromatic rings. The number of rotatable bonds is 39. The minimum atomic E-state index is -0.885. The minimum Gasteiger partial charge on any atom is -0.477 e. The number of nitrogens with zero attached hydrogens (tertiary/aromatic N) is 1. The van der Waals surface area contributed by atoms with Gasteiger partial charge < -0.3 is 23.8 Å². The summed E-state index contributed by atoms with van der Waals surface area (Å²) in [7, 11) is 5.50. The highest BCUT2D eigenvalue weighted by Gasteiger charge is 2.31. The number of allylic oxidation sites excluding steroid dienone is 12. The van der Waals surface area contributed by atoms with Gasteiger partial charge in [0.2, 0.25) is 0 Å². The lowest BCUT2D eigenvalue weighted by molar-refractivity contribution is -0.887. The largest absolute Gasteiger partial charge is 0.477 e. The van der Waals surface area contributed by atoms with E-state index in [4.69, 9.17) is 14.2 Å². The molecule has 0 saturated heterocycles. The summed E-state index contributed by atoms with van der Waals surface area (Å²) >= 11 is 0. The first-order valence-corrected chi connectivity index (χ1v) is 22.6. The van der Waals surface area contributed by atoms with Crippen molar-refractivity contribution in [2.75, 3.05) is 41.0 Å². The Morgan fingerprint density at radius 2 is 0.982 bits per heavy atom. The summed E-state index contributed by atoms with van der Waals surface area (Å²) in [6.45, 7) is 4.54. The maximum atomic E-state index is 12.7. The van der Waals surface area contributed by atoms with Crippen LogP contribution in [0.4, 0.5) is 0 Å². The zero-order valence-corrected chi connectivity index (χ0v) is 37.0. The number of likely N-dealkylation sites (N-methyl/N-ethyl adjacent to an activating group) is 1. The maximum absolute atomic E-state index is 12.7. The van der Waals surface area contributed by atoms with E-state index in [-0.39, 0.29) is 42.7 Å². The van der Waals surface area contributed by atoms with Crippen LogP contribution >= 0.6 is 0 Å². The molecule has 326 valence electrons. The predicted molar refractivity (Wildman–Crippen MR) is 238 cm³/mol. The number of hydrogen-bond donors (Lipinski definition) is 1. The second kappa shape index (κ2) is 39.6. The summed E-state index contributed by atoms with van der Waals surface area (Å²) in [5.74, 6) is -1.53. The van der Waals surface area contributed by atoms with Crippen LogP contribution in [0.2, 0.25) is 0 Å². The van der Waals surface area contributed by atoms with Crippen LogP contribution in [0.3, 0.4) is 0 Å². The molecule has 0 rings (SSSR count). The summed E-state index contributed by atoms with van der Waals surface area (Å²) < 4.78 is 17.2. The number of aliphatic carboxylic acids is 1. The average molecular weight is 799 g/mol. The Morgan fingerprint density at radius 3 is 1.46 bits per heavy atom. The quantitative estimate of drug-likeness (QED) is 0.0286. The molecule has 2 unspecified atom stereocenters. The van der Waals surface area contributed by atoms with Crippen molar-refractivity contribution in [2.45, 2.75) is 180 Å². The van der Waals surface area contributed by atoms with E-state index in [0.717, 1.165) is 44.9 Å². The van der Waals surface area contributed by atoms with Crippen LogP contribution in [0, 0.1) is 0 Å². The Bertz CT molecular complexity index is 1160. The number of unbranched alkanes of at least 4 members (excludes halogenated alkanes) is 18. The Kier molecular flexibility index (Phi) is 37.3. The summed E-state index contributed by atoms with van der Waals surface area (Å²) in [6.07, 6.45) is 49.4. The summed E-state index contributed by atoms with van der Waals surface area (Å²) in [4.78, 5) is 37.0. The van der Waals surface area contributed by atoms with Crippen LogP contribution < -0.4 is 0 Å². The second-order valence-electron chi connectivity index (χ2n) is 16.1. The Morgan fingerprint density at radius 1 is 0.544 bits per heavy atom. The lowest BCUT2D eigenvalue weighted by atomic mass is 10.0. The molecular weight excluding hydrogens is 715 g/mol. The van der Waals surface area contributed by atoms with E-state index in [2.05, 4.69) is 26.0 Å². The number of carbonyl (C=O) groups is 3. The third-order valence-electron chi connectivity index (χ3n) is 9.78. The van der Waals surface area contributed by atoms with Gasteiger partial charge >= 0.3 is 17.9 Å². The molecule has 0 radical (unpaired) electrons. The number of carboxylic acids is 1. The van der Waals surface area contributed by atoms with Crippen molar-refractivity contribution in [1.82, 2.24) is 0 Å². The Labute approximate surface area is 349 Å². The molecule has 0 aliphatic carbocycles. The van der Waals surface area contributed by atoms with E-state index in [1.165, 1.54) is 83.5 Å². The zero-order chi connectivity index (χ0) is 42.1. The van der Waals surface area contributed by atoms with Crippen LogP contribution in [-0.4, -0.2) is 80.6 Å². The van der Waals surface area contributed by atoms with Gasteiger partial charge in [-0.3, -0.25) is 9.59 Å². The lowest BCUT2D eigenvalue weighted by Gasteiger charge is -2.31. The smallest absolute Gasteiger partial charge is 0.362 e. The van der Waals surface area contributed by atoms with Gasteiger partial charge in [-0.15, -0.1) is 0 Å². The molecule has 0 spiro atoms. The molecule has 2 atom stereocenters. The highest BCUT2D eigenvalue weighted by molar-refractivity contribution is 5.72. The van der Waals surface area contributed by atoms with Gasteiger partial charge in [-0.2, -0.15) is 0 Å². The summed E-state index contributed by atoms with van der Waals surface area (Å²) in [6, 6.07) is -0.626. The highest BCUT2D eigenvalue weighted by atomic mass is 16.6. The van der Waals surface area contributed by atoms with Gasteiger partial charge in [-0.05, 0) is 32.1 Å². The summed E-state index contributed by atoms with van der Waals surface area (Å²) in [5.41, 5.74) is 0. The molecule has 0 amide bonds. The van der Waals surface area contributed by atoms with Crippen molar-refractivity contribution in [1.29, 1.82) is 0 Å². The van der Waals surface area contributed by atoms with Gasteiger partial charge in [0.25, 0.3) is 0 Å². The van der Waals surface area contributed by atoms with E-state index < -0.39 is 18.1 Å². The molecule has 8 nitrogen and oxygen atoms in total. The average Bonchev–Trinajstić information content (AvgIpc) is 3.17. The zero-order valence-electron chi connectivity index (χ0n) is 37.0. The number of hydrogen-bond acceptors (Lipinski definition) is 6. The normalized spacial score (nSPS) is 13.6. The van der Waals surface area contributed by atoms with Crippen LogP contribution in [0.5, 0.6) is 0 Å². The molecule has 0 aromatic heterocycles. The molecule has 57 heavy (non-hydrogen) atoms. The first kappa shape index (κ1) is 53.8. The van der Waals surface area contributed by atoms with E-state index in [0.29, 0.717) is 19.3 Å². The van der Waals surface area contributed by atoms with Gasteiger partial charge in [0.15, 0.2) is 12.1 Å². The van der Waals surface area contributed by atoms with Crippen LogP contribution in [-0.2, 0) is 28.6 Å². The molecule has 0 aliphatic rings. The molecule has 0 saturated carbocycles. The Hall–Kier alpha value is -3.23. The van der Waals surface area contributed by atoms with Crippen LogP contribution in [0.1, 0.15) is 168 Å². The second-order valence-corrected chi connectivity index (χ2v) is 16.1. The van der Waals surface area contributed by atoms with Gasteiger partial charge in [0.05, 0.1) is 34.4 Å². The van der Waals surface area contributed by atoms with Crippen molar-refractivity contribution in [2.24, 2.45) is 0 Å². The first-order valence-electron chi connectivity index (χ1n) is 22.6. The molecule has 0 bridgehead atoms. The number of esters is 2. The van der Waals surface area contributed by atoms with Crippen molar-refractivity contribution in [3.05, 3.63) is 72.9 Å². The van der Waals surface area contributed by atoms with Crippen molar-refractivity contribution in [3.8, 4) is 0 Å². The number of carboxylic acid groups (broad SMARTS) is 1. The first-order chi connectivity index (χ1) is 27.6. The molecule has 1 N–H and O–H groups in total. The van der Waals surface area contributed by atoms with E-state index >= 15 is 0 Å². The topological polar surface area (TPSA) is 99.1 Å². The third-order valence-corrected chi connectivity index (χ3v) is 9.78. The standard InChI is InChI=1S/C49H83NO7/c1-6-8-10-12-14-16-18-20-22-24-26-28-30-32-34-36-38-40-48(52)57-45(43-55-42-41-46(49(53)54)50(3,4)5)44-56-47(51)39-37-35-33-31-29-27-25-23-21-19-17-15-13-11-9-7-2/h8,10,12,14,16,18,20,22,24,26,28,30,45-46H,6-7,9,11,13,15,17,19,21,23,25,27,29,31-44H2,1-5H3/p+1/b10-8+,14-12+,18-16+,22-20+,26-24+,30-28+. The van der Waals surface area contributed by atoms with Crippen molar-refractivity contribution < 1.29 is 38.2 Å². The van der Waals surface area contributed by atoms with E-state index in [1.54, 1.807) is 0 Å². The minimum absolute atomic E-state index is 0.0407. The fourth-order valence-corrected chi connectivity index (χ4v) is 6.30. The summed E-state index contributed by atoms with van der Waals surface area (Å²) in [5, 5.41) is 9.62. The van der Waals surface area contributed by atoms with Crippen LogP contribution in [0.15, 0.2) is 72.9 Å². The van der Waals surface area contributed by atoms with Crippen molar-refractivity contribution in [3.63, 3.8) is 0 Å². The number of carbonyl (C=O) groups excluding carboxylic acids is 2. The Balaban J connectivity index is 4.43. The molecule has 0 aromatic carbocycles. The van der Waals surface area contributed by atoms with Gasteiger partial charge in [-0.1, -0.05) is 189 Å². The van der Waals surface area contributed by atoms with Crippen LogP contribution in [0.25, 0.3) is 0 Å². The number of ether oxygens (including phenoxy) is 3. The van der Waals surface area contributed by atoms with E-state index in [9.17, 15) is 19.5 Å². The molecule has 0 fully saturated rings. The fraction of sp³-hybridized carbons (Fsp3) is 0.694. The van der Waals surface area contributed by atoms with E-state index in [1.807, 2.05) is 81.9 Å². The SMILES string of the molecule is CC/C=C/C=C/C=C/C=C/C=C/C=C/CCCCCC(=O)OC(COCCC(C(=O)O)[N+](C)(C)C)COC(=O)CCCCCCCCCCCCCCCCCC. The molecule has 0 heterocycles. The lowest BCUT2D eigenvalue weighted by Crippen LogP contribution is -2.50. The van der Waals surface area contributed by atoms with Gasteiger partial charge in [-0.25, -0.2) is 4.79 Å². The third kappa shape index (κ3) is 38.1. The fourth-order valence-electron chi connectivity index (χ4n) is 6.30.